The molecule has 0 bridgehead atoms. The van der Waals surface area contributed by atoms with Crippen molar-refractivity contribution in [3.63, 3.8) is 0 Å². The van der Waals surface area contributed by atoms with Crippen LogP contribution >= 0.6 is 0 Å². The fraction of sp³-hybridized carbons (Fsp3) is 0.400. The molecule has 3 rings (SSSR count). The van der Waals surface area contributed by atoms with E-state index in [1.807, 2.05) is 30.5 Å². The molecule has 0 radical (unpaired) electrons. The Morgan fingerprint density at radius 1 is 1.26 bits per heavy atom. The molecule has 0 amide bonds. The van der Waals surface area contributed by atoms with Gasteiger partial charge in [0.2, 0.25) is 0 Å². The van der Waals surface area contributed by atoms with Gasteiger partial charge < -0.3 is 14.6 Å². The SMILES string of the molecule is OC1(COc2cccc3cnccc23)CCOCC1. The van der Waals surface area contributed by atoms with Crippen LogP contribution in [0, 0.1) is 0 Å². The number of fused-ring (bicyclic) bond motifs is 1. The molecule has 4 heteroatoms. The molecule has 19 heavy (non-hydrogen) atoms. The van der Waals surface area contributed by atoms with Crippen LogP contribution in [0.3, 0.4) is 0 Å². The van der Waals surface area contributed by atoms with Crippen molar-refractivity contribution in [3.05, 3.63) is 36.7 Å². The monoisotopic (exact) mass is 259 g/mol. The van der Waals surface area contributed by atoms with Gasteiger partial charge >= 0.3 is 0 Å². The van der Waals surface area contributed by atoms with E-state index in [1.165, 1.54) is 0 Å². The van der Waals surface area contributed by atoms with Gasteiger partial charge in [-0.25, -0.2) is 0 Å². The molecule has 2 heterocycles. The van der Waals surface area contributed by atoms with E-state index in [4.69, 9.17) is 9.47 Å². The number of hydrogen-bond acceptors (Lipinski definition) is 4. The van der Waals surface area contributed by atoms with Crippen LogP contribution in [0.15, 0.2) is 36.7 Å². The topological polar surface area (TPSA) is 51.6 Å². The second-order valence-corrected chi connectivity index (χ2v) is 4.98. The molecule has 1 fully saturated rings. The van der Waals surface area contributed by atoms with Gasteiger partial charge in [-0.1, -0.05) is 12.1 Å². The first kappa shape index (κ1) is 12.4. The van der Waals surface area contributed by atoms with Crippen LogP contribution in [0.25, 0.3) is 10.8 Å². The number of nitrogens with zero attached hydrogens (tertiary/aromatic N) is 1. The lowest BCUT2D eigenvalue weighted by atomic mass is 9.96. The maximum absolute atomic E-state index is 10.4. The fourth-order valence-corrected chi connectivity index (χ4v) is 2.33. The summed E-state index contributed by atoms with van der Waals surface area (Å²) in [5, 5.41) is 12.4. The predicted octanol–water partition coefficient (Wildman–Crippen LogP) is 2.16. The van der Waals surface area contributed by atoms with E-state index >= 15 is 0 Å². The van der Waals surface area contributed by atoms with E-state index < -0.39 is 5.60 Å². The van der Waals surface area contributed by atoms with E-state index in [0.29, 0.717) is 32.7 Å². The van der Waals surface area contributed by atoms with E-state index in [-0.39, 0.29) is 0 Å². The molecular weight excluding hydrogens is 242 g/mol. The molecule has 0 spiro atoms. The molecule has 1 aliphatic heterocycles. The number of aromatic nitrogens is 1. The van der Waals surface area contributed by atoms with Gasteiger partial charge in [-0.3, -0.25) is 4.98 Å². The first-order chi connectivity index (χ1) is 9.27. The number of hydrogen-bond donors (Lipinski definition) is 1. The highest BCUT2D eigenvalue weighted by Crippen LogP contribution is 2.27. The molecule has 1 saturated heterocycles. The zero-order valence-corrected chi connectivity index (χ0v) is 10.7. The van der Waals surface area contributed by atoms with Gasteiger partial charge in [0.1, 0.15) is 18.0 Å². The predicted molar refractivity (Wildman–Crippen MR) is 72.2 cm³/mol. The third-order valence-corrected chi connectivity index (χ3v) is 3.56. The normalized spacial score (nSPS) is 18.4. The first-order valence-corrected chi connectivity index (χ1v) is 6.53. The molecule has 0 aliphatic carbocycles. The van der Waals surface area contributed by atoms with Gasteiger partial charge in [-0.2, -0.15) is 0 Å². The maximum Gasteiger partial charge on any atom is 0.127 e. The summed E-state index contributed by atoms with van der Waals surface area (Å²) in [6.45, 7) is 1.50. The third-order valence-electron chi connectivity index (χ3n) is 3.56. The summed E-state index contributed by atoms with van der Waals surface area (Å²) in [4.78, 5) is 4.10. The fourth-order valence-electron chi connectivity index (χ4n) is 2.33. The summed E-state index contributed by atoms with van der Waals surface area (Å²) < 4.78 is 11.1. The zero-order valence-electron chi connectivity index (χ0n) is 10.7. The Hall–Kier alpha value is -1.65. The van der Waals surface area contributed by atoms with Crippen LogP contribution in [0.5, 0.6) is 5.75 Å². The van der Waals surface area contributed by atoms with Crippen LogP contribution < -0.4 is 4.74 Å². The minimum absolute atomic E-state index is 0.303. The molecule has 1 N–H and O–H groups in total. The van der Waals surface area contributed by atoms with Crippen molar-refractivity contribution in [2.24, 2.45) is 0 Å². The molecule has 1 aromatic heterocycles. The Kier molecular flexibility index (Phi) is 3.36. The molecule has 1 aliphatic rings. The van der Waals surface area contributed by atoms with Gasteiger partial charge in [0.25, 0.3) is 0 Å². The maximum atomic E-state index is 10.4. The van der Waals surface area contributed by atoms with E-state index in [1.54, 1.807) is 6.20 Å². The average molecular weight is 259 g/mol. The summed E-state index contributed by atoms with van der Waals surface area (Å²) in [7, 11) is 0. The third kappa shape index (κ3) is 2.69. The Labute approximate surface area is 112 Å². The molecule has 100 valence electrons. The lowest BCUT2D eigenvalue weighted by Crippen LogP contribution is -2.41. The van der Waals surface area contributed by atoms with Crippen molar-refractivity contribution in [2.75, 3.05) is 19.8 Å². The molecule has 4 nitrogen and oxygen atoms in total. The smallest absolute Gasteiger partial charge is 0.127 e. The van der Waals surface area contributed by atoms with E-state index in [9.17, 15) is 5.11 Å². The number of aliphatic hydroxyl groups is 1. The molecule has 2 aromatic rings. The minimum atomic E-state index is -0.770. The van der Waals surface area contributed by atoms with E-state index in [0.717, 1.165) is 16.5 Å². The zero-order chi connectivity index (χ0) is 13.1. The Balaban J connectivity index is 1.78. The van der Waals surface area contributed by atoms with Gasteiger partial charge in [0, 0.05) is 49.2 Å². The summed E-state index contributed by atoms with van der Waals surface area (Å²) in [5.74, 6) is 0.791. The quantitative estimate of drug-likeness (QED) is 0.917. The lowest BCUT2D eigenvalue weighted by Gasteiger charge is -2.31. The van der Waals surface area contributed by atoms with Gasteiger partial charge in [-0.05, 0) is 12.1 Å². The lowest BCUT2D eigenvalue weighted by molar-refractivity contribution is -0.0853. The Bertz CT molecular complexity index is 559. The first-order valence-electron chi connectivity index (χ1n) is 6.53. The highest BCUT2D eigenvalue weighted by molar-refractivity contribution is 5.87. The largest absolute Gasteiger partial charge is 0.490 e. The highest BCUT2D eigenvalue weighted by Gasteiger charge is 2.30. The molecular formula is C15H17NO3. The van der Waals surface area contributed by atoms with Crippen LogP contribution in [0.1, 0.15) is 12.8 Å². The van der Waals surface area contributed by atoms with E-state index in [2.05, 4.69) is 4.98 Å². The second kappa shape index (κ2) is 5.15. The standard InChI is InChI=1S/C15H17NO3/c17-15(5-8-18-9-6-15)11-19-14-3-1-2-12-10-16-7-4-13(12)14/h1-4,7,10,17H,5-6,8-9,11H2. The number of ether oxygens (including phenoxy) is 2. The molecule has 0 atom stereocenters. The summed E-state index contributed by atoms with van der Waals surface area (Å²) in [5.41, 5.74) is -0.770. The highest BCUT2D eigenvalue weighted by atomic mass is 16.5. The Morgan fingerprint density at radius 2 is 2.11 bits per heavy atom. The summed E-state index contributed by atoms with van der Waals surface area (Å²) >= 11 is 0. The number of pyridine rings is 1. The van der Waals surface area contributed by atoms with Crippen molar-refractivity contribution in [3.8, 4) is 5.75 Å². The Morgan fingerprint density at radius 3 is 2.95 bits per heavy atom. The van der Waals surface area contributed by atoms with Crippen LogP contribution in [-0.4, -0.2) is 35.5 Å². The molecule has 1 aromatic carbocycles. The van der Waals surface area contributed by atoms with Crippen molar-refractivity contribution in [1.29, 1.82) is 0 Å². The number of benzene rings is 1. The van der Waals surface area contributed by atoms with Crippen molar-refractivity contribution < 1.29 is 14.6 Å². The summed E-state index contributed by atoms with van der Waals surface area (Å²) in [6, 6.07) is 7.79. The van der Waals surface area contributed by atoms with Crippen LogP contribution in [0.2, 0.25) is 0 Å². The van der Waals surface area contributed by atoms with Gasteiger partial charge in [0.15, 0.2) is 0 Å². The second-order valence-electron chi connectivity index (χ2n) is 4.98. The molecule has 0 unspecified atom stereocenters. The molecule has 0 saturated carbocycles. The van der Waals surface area contributed by atoms with Crippen LogP contribution in [-0.2, 0) is 4.74 Å². The minimum Gasteiger partial charge on any atom is -0.490 e. The van der Waals surface area contributed by atoms with Crippen molar-refractivity contribution >= 4 is 10.8 Å². The van der Waals surface area contributed by atoms with Gasteiger partial charge in [0.05, 0.1) is 0 Å². The van der Waals surface area contributed by atoms with Crippen molar-refractivity contribution in [1.82, 2.24) is 4.98 Å². The van der Waals surface area contributed by atoms with Gasteiger partial charge in [-0.15, -0.1) is 0 Å². The van der Waals surface area contributed by atoms with Crippen molar-refractivity contribution in [2.45, 2.75) is 18.4 Å². The number of rotatable bonds is 3. The average Bonchev–Trinajstić information content (AvgIpc) is 2.46. The van der Waals surface area contributed by atoms with Crippen LogP contribution in [0.4, 0.5) is 0 Å². The summed E-state index contributed by atoms with van der Waals surface area (Å²) in [6.07, 6.45) is 4.81.